The maximum atomic E-state index is 6.16. The number of hydrogen-bond acceptors (Lipinski definition) is 10. The number of ether oxygens (including phenoxy) is 4. The van der Waals surface area contributed by atoms with Crippen molar-refractivity contribution in [3.63, 3.8) is 0 Å². The average Bonchev–Trinajstić information content (AvgIpc) is 3.28. The topological polar surface area (TPSA) is 105 Å². The molecule has 0 spiro atoms. The molecule has 0 radical (unpaired) electrons. The van der Waals surface area contributed by atoms with Crippen LogP contribution in [0.1, 0.15) is 44.9 Å². The summed E-state index contributed by atoms with van der Waals surface area (Å²) in [5.74, 6) is 3.12. The molecule has 0 bridgehead atoms. The molecule has 0 saturated heterocycles. The fourth-order valence-electron chi connectivity index (χ4n) is 3.56. The van der Waals surface area contributed by atoms with Gasteiger partial charge in [0.2, 0.25) is 5.95 Å². The Labute approximate surface area is 221 Å². The second kappa shape index (κ2) is 13.6. The zero-order valence-corrected chi connectivity index (χ0v) is 23.0. The molecule has 2 atom stereocenters. The van der Waals surface area contributed by atoms with Gasteiger partial charge in [-0.3, -0.25) is 9.29 Å². The first kappa shape index (κ1) is 28.0. The predicted octanol–water partition coefficient (Wildman–Crippen LogP) is 4.92. The molecule has 0 aliphatic heterocycles. The third kappa shape index (κ3) is 7.00. The van der Waals surface area contributed by atoms with Crippen molar-refractivity contribution in [3.8, 4) is 17.2 Å². The summed E-state index contributed by atoms with van der Waals surface area (Å²) in [6.07, 6.45) is 4.18. The van der Waals surface area contributed by atoms with E-state index >= 15 is 0 Å². The Hall–Kier alpha value is -2.60. The summed E-state index contributed by atoms with van der Waals surface area (Å²) >= 11 is 7.42. The van der Waals surface area contributed by atoms with Crippen molar-refractivity contribution >= 4 is 29.5 Å². The van der Waals surface area contributed by atoms with Gasteiger partial charge in [0, 0.05) is 32.5 Å². The minimum atomic E-state index is -0.377. The van der Waals surface area contributed by atoms with Gasteiger partial charge in [-0.2, -0.15) is 0 Å². The minimum absolute atomic E-state index is 0.0220. The van der Waals surface area contributed by atoms with Crippen LogP contribution < -0.4 is 14.2 Å². The summed E-state index contributed by atoms with van der Waals surface area (Å²) in [5.41, 5.74) is 0.715. The maximum Gasteiger partial charge on any atom is 0.239 e. The van der Waals surface area contributed by atoms with Crippen LogP contribution in [0, 0.1) is 0 Å². The standard InChI is InChI=1S/C24H33ClN6O4S/c1-15(2)35-22(23-26-13-17(25)14-27-23)16(3)36-30-24-29-28-20(11-8-12-32-4)31(24)21-18(33-5)9-7-10-19(21)34-6/h7,9-10,13-16,22H,8,11-12H2,1-6H3,(H,29,30)/t16?,22-/m1/s1. The number of nitrogens with one attached hydrogen (secondary N) is 1. The number of benzene rings is 1. The summed E-state index contributed by atoms with van der Waals surface area (Å²) in [5, 5.41) is 9.28. The van der Waals surface area contributed by atoms with E-state index in [1.54, 1.807) is 33.7 Å². The number of rotatable bonds is 14. The molecule has 0 aliphatic rings. The van der Waals surface area contributed by atoms with Gasteiger partial charge in [-0.1, -0.05) is 17.7 Å². The van der Waals surface area contributed by atoms with Crippen LogP contribution in [0.15, 0.2) is 30.6 Å². The number of para-hydroxylation sites is 1. The third-order valence-corrected chi connectivity index (χ3v) is 6.29. The molecule has 10 nitrogen and oxygen atoms in total. The number of nitrogens with zero attached hydrogens (tertiary/aromatic N) is 5. The van der Waals surface area contributed by atoms with Crippen LogP contribution in [0.3, 0.4) is 0 Å². The fraction of sp³-hybridized carbons (Fsp3) is 0.500. The van der Waals surface area contributed by atoms with Crippen LogP contribution in [0.25, 0.3) is 5.69 Å². The quantitative estimate of drug-likeness (QED) is 0.225. The number of anilines is 1. The molecule has 2 heterocycles. The molecule has 0 saturated carbocycles. The lowest BCUT2D eigenvalue weighted by Crippen LogP contribution is -2.23. The van der Waals surface area contributed by atoms with Crippen molar-refractivity contribution in [3.05, 3.63) is 47.3 Å². The molecule has 1 N–H and O–H groups in total. The molecule has 196 valence electrons. The zero-order valence-electron chi connectivity index (χ0n) is 21.4. The van der Waals surface area contributed by atoms with Crippen LogP contribution in [0.2, 0.25) is 5.02 Å². The SMILES string of the molecule is COCCCc1nnc(NSC(C)[C@@H](OC(C)C)c2ncc(Cl)cn2)n1-c1c(OC)cccc1OC. The Morgan fingerprint density at radius 1 is 1.03 bits per heavy atom. The maximum absolute atomic E-state index is 6.16. The van der Waals surface area contributed by atoms with E-state index in [0.29, 0.717) is 47.0 Å². The van der Waals surface area contributed by atoms with Crippen molar-refractivity contribution < 1.29 is 18.9 Å². The first-order chi connectivity index (χ1) is 17.4. The summed E-state index contributed by atoms with van der Waals surface area (Å²) in [6, 6.07) is 5.63. The van der Waals surface area contributed by atoms with Crippen molar-refractivity contribution in [2.24, 2.45) is 0 Å². The second-order valence-corrected chi connectivity index (χ2v) is 9.79. The largest absolute Gasteiger partial charge is 0.494 e. The molecule has 0 fully saturated rings. The van der Waals surface area contributed by atoms with E-state index in [9.17, 15) is 0 Å². The number of aromatic nitrogens is 5. The molecular formula is C24H33ClN6O4S. The molecule has 3 aromatic rings. The van der Waals surface area contributed by atoms with Crippen molar-refractivity contribution in [2.75, 3.05) is 32.7 Å². The lowest BCUT2D eigenvalue weighted by molar-refractivity contribution is 0.00286. The highest BCUT2D eigenvalue weighted by molar-refractivity contribution is 8.01. The summed E-state index contributed by atoms with van der Waals surface area (Å²) < 4.78 is 28.0. The van der Waals surface area contributed by atoms with Gasteiger partial charge in [0.1, 0.15) is 29.1 Å². The number of hydrogen-bond donors (Lipinski definition) is 1. The molecule has 1 aromatic carbocycles. The minimum Gasteiger partial charge on any atom is -0.494 e. The van der Waals surface area contributed by atoms with Gasteiger partial charge in [0.15, 0.2) is 5.82 Å². The van der Waals surface area contributed by atoms with Gasteiger partial charge in [-0.15, -0.1) is 10.2 Å². The molecular weight excluding hydrogens is 504 g/mol. The second-order valence-electron chi connectivity index (χ2n) is 8.17. The van der Waals surface area contributed by atoms with E-state index in [0.717, 1.165) is 12.2 Å². The Kier molecular flexibility index (Phi) is 10.6. The molecule has 1 unspecified atom stereocenters. The average molecular weight is 537 g/mol. The van der Waals surface area contributed by atoms with Crippen molar-refractivity contribution in [2.45, 2.75) is 51.1 Å². The van der Waals surface area contributed by atoms with Crippen LogP contribution in [0.5, 0.6) is 11.5 Å². The smallest absolute Gasteiger partial charge is 0.239 e. The van der Waals surface area contributed by atoms with Crippen LogP contribution in [-0.4, -0.2) is 64.0 Å². The molecule has 3 rings (SSSR count). The molecule has 12 heteroatoms. The Bertz CT molecular complexity index is 1080. The van der Waals surface area contributed by atoms with Crippen LogP contribution in [-0.2, 0) is 15.9 Å². The van der Waals surface area contributed by atoms with E-state index < -0.39 is 0 Å². The van der Waals surface area contributed by atoms with E-state index in [1.165, 1.54) is 11.9 Å². The van der Waals surface area contributed by atoms with Gasteiger partial charge < -0.3 is 18.9 Å². The van der Waals surface area contributed by atoms with Gasteiger partial charge >= 0.3 is 0 Å². The number of methoxy groups -OCH3 is 3. The van der Waals surface area contributed by atoms with E-state index in [4.69, 9.17) is 30.5 Å². The first-order valence-electron chi connectivity index (χ1n) is 11.6. The zero-order chi connectivity index (χ0) is 26.1. The fourth-order valence-corrected chi connectivity index (χ4v) is 4.39. The van der Waals surface area contributed by atoms with Gasteiger partial charge in [-0.05, 0) is 51.3 Å². The summed E-state index contributed by atoms with van der Waals surface area (Å²) in [4.78, 5) is 8.75. The summed E-state index contributed by atoms with van der Waals surface area (Å²) in [7, 11) is 4.92. The van der Waals surface area contributed by atoms with Crippen molar-refractivity contribution in [1.82, 2.24) is 24.7 Å². The van der Waals surface area contributed by atoms with Crippen molar-refractivity contribution in [1.29, 1.82) is 0 Å². The number of halogens is 1. The molecule has 2 aromatic heterocycles. The molecule has 36 heavy (non-hydrogen) atoms. The highest BCUT2D eigenvalue weighted by Crippen LogP contribution is 2.37. The normalized spacial score (nSPS) is 13.0. The highest BCUT2D eigenvalue weighted by Gasteiger charge is 2.27. The van der Waals surface area contributed by atoms with Gasteiger partial charge in [-0.25, -0.2) is 9.97 Å². The Morgan fingerprint density at radius 3 is 2.28 bits per heavy atom. The summed E-state index contributed by atoms with van der Waals surface area (Å²) in [6.45, 7) is 6.60. The van der Waals surface area contributed by atoms with E-state index in [-0.39, 0.29) is 17.5 Å². The molecule has 0 aliphatic carbocycles. The first-order valence-corrected chi connectivity index (χ1v) is 12.8. The predicted molar refractivity (Wildman–Crippen MR) is 141 cm³/mol. The Morgan fingerprint density at radius 2 is 1.69 bits per heavy atom. The highest BCUT2D eigenvalue weighted by atomic mass is 35.5. The molecule has 0 amide bonds. The Balaban J connectivity index is 1.92. The van der Waals surface area contributed by atoms with Crippen LogP contribution >= 0.6 is 23.5 Å². The van der Waals surface area contributed by atoms with Gasteiger partial charge in [0.25, 0.3) is 0 Å². The van der Waals surface area contributed by atoms with E-state index in [1.807, 2.05) is 43.5 Å². The number of aryl methyl sites for hydroxylation is 1. The lowest BCUT2D eigenvalue weighted by atomic mass is 10.2. The third-order valence-electron chi connectivity index (χ3n) is 5.18. The van der Waals surface area contributed by atoms with Crippen LogP contribution in [0.4, 0.5) is 5.95 Å². The monoisotopic (exact) mass is 536 g/mol. The lowest BCUT2D eigenvalue weighted by Gasteiger charge is -2.25. The van der Waals surface area contributed by atoms with E-state index in [2.05, 4.69) is 24.9 Å². The van der Waals surface area contributed by atoms with Gasteiger partial charge in [0.05, 0.1) is 30.6 Å².